The predicted molar refractivity (Wildman–Crippen MR) is 89.5 cm³/mol. The normalized spacial score (nSPS) is 16.0. The number of aromatic amines is 1. The summed E-state index contributed by atoms with van der Waals surface area (Å²) >= 11 is 0. The van der Waals surface area contributed by atoms with Crippen LogP contribution < -0.4 is 15.6 Å². The second-order valence-corrected chi connectivity index (χ2v) is 6.09. The van der Waals surface area contributed by atoms with Crippen LogP contribution in [0.5, 0.6) is 5.75 Å². The van der Waals surface area contributed by atoms with Gasteiger partial charge in [-0.05, 0) is 74.3 Å². The van der Waals surface area contributed by atoms with Gasteiger partial charge >= 0.3 is 0 Å². The highest BCUT2D eigenvalue weighted by Gasteiger charge is 2.11. The van der Waals surface area contributed by atoms with E-state index in [1.54, 1.807) is 6.20 Å². The number of ether oxygens (including phenoxy) is 1. The van der Waals surface area contributed by atoms with E-state index in [2.05, 4.69) is 10.3 Å². The maximum Gasteiger partial charge on any atom is 0.255 e. The second-order valence-electron chi connectivity index (χ2n) is 6.09. The molecule has 4 heteroatoms. The fourth-order valence-electron chi connectivity index (χ4n) is 3.16. The molecule has 2 N–H and O–H groups in total. The Morgan fingerprint density at radius 3 is 2.86 bits per heavy atom. The maximum absolute atomic E-state index is 11.6. The van der Waals surface area contributed by atoms with Crippen molar-refractivity contribution in [3.63, 3.8) is 0 Å². The lowest BCUT2D eigenvalue weighted by molar-refractivity contribution is 0.288. The van der Waals surface area contributed by atoms with Crippen molar-refractivity contribution in [3.05, 3.63) is 40.8 Å². The molecule has 1 aliphatic heterocycles. The lowest BCUT2D eigenvalue weighted by Gasteiger charge is -2.22. The number of aromatic nitrogens is 1. The summed E-state index contributed by atoms with van der Waals surface area (Å²) < 4.78 is 5.82. The van der Waals surface area contributed by atoms with Gasteiger partial charge in [0.2, 0.25) is 0 Å². The highest BCUT2D eigenvalue weighted by atomic mass is 16.5. The summed E-state index contributed by atoms with van der Waals surface area (Å²) in [6.45, 7) is 3.11. The van der Waals surface area contributed by atoms with E-state index >= 15 is 0 Å². The average molecular weight is 300 g/mol. The SMILES string of the molecule is O=c1[nH]ccc2cc(OCCCCC3CCNCC3)ccc12. The fourth-order valence-corrected chi connectivity index (χ4v) is 3.16. The highest BCUT2D eigenvalue weighted by Crippen LogP contribution is 2.20. The smallest absolute Gasteiger partial charge is 0.255 e. The standard InChI is InChI=1S/C18H24N2O2/c21-18-17-5-4-16(13-15(17)8-11-20-18)22-12-2-1-3-14-6-9-19-10-7-14/h4-5,8,11,13-14,19H,1-3,6-7,9-10,12H2,(H,20,21). The van der Waals surface area contributed by atoms with E-state index in [0.717, 1.165) is 30.1 Å². The van der Waals surface area contributed by atoms with Crippen LogP contribution in [0, 0.1) is 5.92 Å². The van der Waals surface area contributed by atoms with Crippen molar-refractivity contribution in [2.75, 3.05) is 19.7 Å². The van der Waals surface area contributed by atoms with Gasteiger partial charge in [0.25, 0.3) is 5.56 Å². The van der Waals surface area contributed by atoms with Gasteiger partial charge in [-0.3, -0.25) is 4.79 Å². The first kappa shape index (κ1) is 15.1. The first-order valence-electron chi connectivity index (χ1n) is 8.28. The number of pyridine rings is 1. The molecule has 22 heavy (non-hydrogen) atoms. The van der Waals surface area contributed by atoms with Crippen LogP contribution in [0.15, 0.2) is 35.3 Å². The Bertz CT molecular complexity index is 659. The van der Waals surface area contributed by atoms with Gasteiger partial charge in [0.05, 0.1) is 6.61 Å². The van der Waals surface area contributed by atoms with Crippen molar-refractivity contribution in [3.8, 4) is 5.75 Å². The van der Waals surface area contributed by atoms with Gasteiger partial charge in [-0.25, -0.2) is 0 Å². The maximum atomic E-state index is 11.6. The molecule has 118 valence electrons. The molecule has 2 heterocycles. The Balaban J connectivity index is 1.44. The van der Waals surface area contributed by atoms with Crippen molar-refractivity contribution in [2.45, 2.75) is 32.1 Å². The van der Waals surface area contributed by atoms with Crippen molar-refractivity contribution in [1.82, 2.24) is 10.3 Å². The van der Waals surface area contributed by atoms with Crippen LogP contribution >= 0.6 is 0 Å². The van der Waals surface area contributed by atoms with E-state index in [4.69, 9.17) is 4.74 Å². The van der Waals surface area contributed by atoms with E-state index in [0.29, 0.717) is 5.39 Å². The topological polar surface area (TPSA) is 54.1 Å². The molecule has 1 fully saturated rings. The van der Waals surface area contributed by atoms with Crippen molar-refractivity contribution >= 4 is 10.8 Å². The number of piperidine rings is 1. The number of H-pyrrole nitrogens is 1. The van der Waals surface area contributed by atoms with Crippen LogP contribution in [0.1, 0.15) is 32.1 Å². The molecule has 2 aromatic rings. The predicted octanol–water partition coefficient (Wildman–Crippen LogP) is 3.08. The molecule has 0 bridgehead atoms. The summed E-state index contributed by atoms with van der Waals surface area (Å²) in [6, 6.07) is 7.56. The van der Waals surface area contributed by atoms with Crippen LogP contribution in [0.2, 0.25) is 0 Å². The van der Waals surface area contributed by atoms with E-state index in [-0.39, 0.29) is 5.56 Å². The third kappa shape index (κ3) is 3.89. The molecule has 0 unspecified atom stereocenters. The second kappa shape index (κ2) is 7.45. The van der Waals surface area contributed by atoms with E-state index in [1.165, 1.54) is 38.8 Å². The van der Waals surface area contributed by atoms with Crippen LogP contribution in [0.4, 0.5) is 0 Å². The van der Waals surface area contributed by atoms with E-state index < -0.39 is 0 Å². The fraction of sp³-hybridized carbons (Fsp3) is 0.500. The molecule has 0 amide bonds. The van der Waals surface area contributed by atoms with Crippen LogP contribution in [0.25, 0.3) is 10.8 Å². The van der Waals surface area contributed by atoms with Gasteiger partial charge in [0.1, 0.15) is 5.75 Å². The van der Waals surface area contributed by atoms with Crippen molar-refractivity contribution < 1.29 is 4.74 Å². The largest absolute Gasteiger partial charge is 0.494 e. The lowest BCUT2D eigenvalue weighted by Crippen LogP contribution is -2.27. The number of hydrogen-bond acceptors (Lipinski definition) is 3. The summed E-state index contributed by atoms with van der Waals surface area (Å²) in [5.74, 6) is 1.74. The molecule has 1 aromatic heterocycles. The molecule has 1 aromatic carbocycles. The van der Waals surface area contributed by atoms with Gasteiger partial charge in [0.15, 0.2) is 0 Å². The number of rotatable bonds is 6. The number of fused-ring (bicyclic) bond motifs is 1. The Morgan fingerprint density at radius 2 is 2.00 bits per heavy atom. The minimum absolute atomic E-state index is 0.0500. The van der Waals surface area contributed by atoms with Gasteiger partial charge in [-0.15, -0.1) is 0 Å². The molecule has 0 radical (unpaired) electrons. The highest BCUT2D eigenvalue weighted by molar-refractivity contribution is 5.82. The zero-order valence-electron chi connectivity index (χ0n) is 12.9. The number of nitrogens with one attached hydrogen (secondary N) is 2. The molecular formula is C18H24N2O2. The van der Waals surface area contributed by atoms with E-state index in [1.807, 2.05) is 24.3 Å². The third-order valence-corrected chi connectivity index (χ3v) is 4.48. The van der Waals surface area contributed by atoms with Gasteiger partial charge < -0.3 is 15.0 Å². The molecule has 4 nitrogen and oxygen atoms in total. The van der Waals surface area contributed by atoms with Crippen LogP contribution in [-0.4, -0.2) is 24.7 Å². The zero-order valence-corrected chi connectivity index (χ0v) is 12.9. The first-order chi connectivity index (χ1) is 10.8. The Labute approximate surface area is 130 Å². The van der Waals surface area contributed by atoms with Crippen molar-refractivity contribution in [1.29, 1.82) is 0 Å². The molecule has 0 spiro atoms. The number of hydrogen-bond donors (Lipinski definition) is 2. The summed E-state index contributed by atoms with van der Waals surface area (Å²) in [4.78, 5) is 14.3. The minimum Gasteiger partial charge on any atom is -0.494 e. The Hall–Kier alpha value is -1.81. The number of unbranched alkanes of at least 4 members (excludes halogenated alkanes) is 1. The van der Waals surface area contributed by atoms with E-state index in [9.17, 15) is 4.79 Å². The molecule has 0 saturated carbocycles. The molecular weight excluding hydrogens is 276 g/mol. The minimum atomic E-state index is -0.0500. The molecule has 1 aliphatic rings. The lowest BCUT2D eigenvalue weighted by atomic mass is 9.93. The Morgan fingerprint density at radius 1 is 1.14 bits per heavy atom. The summed E-state index contributed by atoms with van der Waals surface area (Å²) in [6.07, 6.45) is 7.96. The summed E-state index contributed by atoms with van der Waals surface area (Å²) in [5.41, 5.74) is -0.0500. The zero-order chi connectivity index (χ0) is 15.2. The molecule has 0 aliphatic carbocycles. The van der Waals surface area contributed by atoms with Crippen LogP contribution in [-0.2, 0) is 0 Å². The molecule has 0 atom stereocenters. The van der Waals surface area contributed by atoms with Gasteiger partial charge in [0, 0.05) is 11.6 Å². The average Bonchev–Trinajstić information content (AvgIpc) is 2.56. The molecule has 3 rings (SSSR count). The summed E-state index contributed by atoms with van der Waals surface area (Å²) in [5, 5.41) is 5.04. The van der Waals surface area contributed by atoms with Crippen LogP contribution in [0.3, 0.4) is 0 Å². The molecule has 1 saturated heterocycles. The van der Waals surface area contributed by atoms with Crippen molar-refractivity contribution in [2.24, 2.45) is 5.92 Å². The monoisotopic (exact) mass is 300 g/mol. The number of benzene rings is 1. The Kier molecular flexibility index (Phi) is 5.11. The van der Waals surface area contributed by atoms with Gasteiger partial charge in [-0.2, -0.15) is 0 Å². The third-order valence-electron chi connectivity index (χ3n) is 4.48. The first-order valence-corrected chi connectivity index (χ1v) is 8.28. The quantitative estimate of drug-likeness (QED) is 0.806. The van der Waals surface area contributed by atoms with Gasteiger partial charge in [-0.1, -0.05) is 6.42 Å². The summed E-state index contributed by atoms with van der Waals surface area (Å²) in [7, 11) is 0.